The molecule has 18 heavy (non-hydrogen) atoms. The van der Waals surface area contributed by atoms with Crippen molar-refractivity contribution in [2.45, 2.75) is 65.2 Å². The van der Waals surface area contributed by atoms with Gasteiger partial charge in [-0.2, -0.15) is 0 Å². The highest BCUT2D eigenvalue weighted by atomic mass is 16.5. The third-order valence-corrected chi connectivity index (χ3v) is 2.63. The molecule has 0 atom stereocenters. The number of esters is 1. The molecule has 4 nitrogen and oxygen atoms in total. The van der Waals surface area contributed by atoms with Crippen LogP contribution in [0.5, 0.6) is 0 Å². The third kappa shape index (κ3) is 10.00. The van der Waals surface area contributed by atoms with E-state index < -0.39 is 0 Å². The van der Waals surface area contributed by atoms with E-state index in [0.717, 1.165) is 12.8 Å². The highest BCUT2D eigenvalue weighted by Gasteiger charge is 2.08. The number of rotatable bonds is 11. The zero-order valence-corrected chi connectivity index (χ0v) is 11.5. The molecule has 0 aromatic heterocycles. The third-order valence-electron chi connectivity index (χ3n) is 2.63. The molecule has 0 fully saturated rings. The fourth-order valence-electron chi connectivity index (χ4n) is 1.57. The lowest BCUT2D eigenvalue weighted by Gasteiger charge is -2.02. The van der Waals surface area contributed by atoms with Crippen molar-refractivity contribution in [1.82, 2.24) is 0 Å². The lowest BCUT2D eigenvalue weighted by molar-refractivity contribution is -0.143. The molecule has 0 aliphatic rings. The SMILES string of the molecule is CCCCC(=O)CCC(=O)CCCC(=O)OCC. The van der Waals surface area contributed by atoms with Crippen LogP contribution in [0.4, 0.5) is 0 Å². The van der Waals surface area contributed by atoms with Crippen LogP contribution in [0, 0.1) is 0 Å². The smallest absolute Gasteiger partial charge is 0.305 e. The summed E-state index contributed by atoms with van der Waals surface area (Å²) < 4.78 is 4.76. The second-order valence-corrected chi connectivity index (χ2v) is 4.34. The molecule has 0 aromatic carbocycles. The fraction of sp³-hybridized carbons (Fsp3) is 0.786. The summed E-state index contributed by atoms with van der Waals surface area (Å²) >= 11 is 0. The van der Waals surface area contributed by atoms with Crippen molar-refractivity contribution >= 4 is 17.5 Å². The largest absolute Gasteiger partial charge is 0.466 e. The Morgan fingerprint density at radius 1 is 0.778 bits per heavy atom. The monoisotopic (exact) mass is 256 g/mol. The summed E-state index contributed by atoms with van der Waals surface area (Å²) in [4.78, 5) is 33.8. The maximum absolute atomic E-state index is 11.5. The second-order valence-electron chi connectivity index (χ2n) is 4.34. The second kappa shape index (κ2) is 10.9. The Morgan fingerprint density at radius 3 is 1.83 bits per heavy atom. The zero-order valence-electron chi connectivity index (χ0n) is 11.5. The predicted molar refractivity (Wildman–Crippen MR) is 69.3 cm³/mol. The van der Waals surface area contributed by atoms with E-state index in [1.54, 1.807) is 6.92 Å². The van der Waals surface area contributed by atoms with Gasteiger partial charge in [-0.15, -0.1) is 0 Å². The van der Waals surface area contributed by atoms with Crippen molar-refractivity contribution in [2.75, 3.05) is 6.61 Å². The van der Waals surface area contributed by atoms with Gasteiger partial charge in [0.1, 0.15) is 11.6 Å². The van der Waals surface area contributed by atoms with Crippen molar-refractivity contribution < 1.29 is 19.1 Å². The molecule has 0 spiro atoms. The van der Waals surface area contributed by atoms with Crippen molar-refractivity contribution in [3.8, 4) is 0 Å². The zero-order chi connectivity index (χ0) is 13.8. The first-order valence-corrected chi connectivity index (χ1v) is 6.79. The average molecular weight is 256 g/mol. The lowest BCUT2D eigenvalue weighted by atomic mass is 10.0. The van der Waals surface area contributed by atoms with Crippen molar-refractivity contribution in [2.24, 2.45) is 0 Å². The molecule has 104 valence electrons. The molecule has 0 N–H and O–H groups in total. The molecular weight excluding hydrogens is 232 g/mol. The highest BCUT2D eigenvalue weighted by molar-refractivity contribution is 5.86. The minimum Gasteiger partial charge on any atom is -0.466 e. The van der Waals surface area contributed by atoms with E-state index in [1.807, 2.05) is 6.92 Å². The Hall–Kier alpha value is -1.19. The number of hydrogen-bond acceptors (Lipinski definition) is 4. The standard InChI is InChI=1S/C14H24O4/c1-3-5-7-12(15)10-11-13(16)8-6-9-14(17)18-4-2/h3-11H2,1-2H3. The van der Waals surface area contributed by atoms with Gasteiger partial charge in [0, 0.05) is 32.1 Å². The van der Waals surface area contributed by atoms with Gasteiger partial charge in [0.05, 0.1) is 6.61 Å². The first-order valence-electron chi connectivity index (χ1n) is 6.79. The molecule has 0 bridgehead atoms. The summed E-state index contributed by atoms with van der Waals surface area (Å²) in [6.07, 6.45) is 4.29. The summed E-state index contributed by atoms with van der Waals surface area (Å²) in [5, 5.41) is 0. The number of ether oxygens (including phenoxy) is 1. The Kier molecular flexibility index (Phi) is 10.2. The van der Waals surface area contributed by atoms with E-state index in [1.165, 1.54) is 0 Å². The normalized spacial score (nSPS) is 10.1. The number of hydrogen-bond donors (Lipinski definition) is 0. The first kappa shape index (κ1) is 16.8. The van der Waals surface area contributed by atoms with E-state index in [4.69, 9.17) is 4.74 Å². The predicted octanol–water partition coefficient (Wildman–Crippen LogP) is 2.83. The molecule has 0 radical (unpaired) electrons. The van der Waals surface area contributed by atoms with Crippen molar-refractivity contribution in [3.05, 3.63) is 0 Å². The van der Waals surface area contributed by atoms with Gasteiger partial charge in [-0.1, -0.05) is 13.3 Å². The van der Waals surface area contributed by atoms with Crippen LogP contribution in [-0.4, -0.2) is 24.1 Å². The molecule has 4 heteroatoms. The van der Waals surface area contributed by atoms with Crippen LogP contribution in [0.3, 0.4) is 0 Å². The van der Waals surface area contributed by atoms with Gasteiger partial charge in [0.25, 0.3) is 0 Å². The number of unbranched alkanes of at least 4 members (excludes halogenated alkanes) is 1. The topological polar surface area (TPSA) is 60.4 Å². The summed E-state index contributed by atoms with van der Waals surface area (Å²) in [7, 11) is 0. The first-order chi connectivity index (χ1) is 8.60. The van der Waals surface area contributed by atoms with Crippen LogP contribution < -0.4 is 0 Å². The van der Waals surface area contributed by atoms with Gasteiger partial charge in [-0.25, -0.2) is 0 Å². The van der Waals surface area contributed by atoms with Crippen molar-refractivity contribution in [1.29, 1.82) is 0 Å². The van der Waals surface area contributed by atoms with E-state index in [2.05, 4.69) is 0 Å². The molecule has 0 aromatic rings. The molecule has 0 aliphatic carbocycles. The maximum Gasteiger partial charge on any atom is 0.305 e. The van der Waals surface area contributed by atoms with Crippen LogP contribution in [0.15, 0.2) is 0 Å². The molecule has 0 rings (SSSR count). The van der Waals surface area contributed by atoms with Gasteiger partial charge in [0.2, 0.25) is 0 Å². The van der Waals surface area contributed by atoms with Crippen LogP contribution in [0.2, 0.25) is 0 Å². The van der Waals surface area contributed by atoms with Crippen LogP contribution in [0.25, 0.3) is 0 Å². The molecule has 0 amide bonds. The molecule has 0 aliphatic heterocycles. The van der Waals surface area contributed by atoms with Gasteiger partial charge >= 0.3 is 5.97 Å². The van der Waals surface area contributed by atoms with Gasteiger partial charge in [-0.3, -0.25) is 14.4 Å². The Labute approximate surface area is 109 Å². The van der Waals surface area contributed by atoms with E-state index in [9.17, 15) is 14.4 Å². The van der Waals surface area contributed by atoms with Crippen LogP contribution in [-0.2, 0) is 19.1 Å². The van der Waals surface area contributed by atoms with E-state index in [-0.39, 0.29) is 24.0 Å². The van der Waals surface area contributed by atoms with Gasteiger partial charge in [-0.05, 0) is 19.8 Å². The average Bonchev–Trinajstić information content (AvgIpc) is 2.34. The van der Waals surface area contributed by atoms with E-state index >= 15 is 0 Å². The maximum atomic E-state index is 11.5. The van der Waals surface area contributed by atoms with Crippen LogP contribution in [0.1, 0.15) is 65.2 Å². The highest BCUT2D eigenvalue weighted by Crippen LogP contribution is 2.06. The number of carbonyl (C=O) groups excluding carboxylic acids is 3. The minimum absolute atomic E-state index is 0.0594. The molecule has 0 saturated heterocycles. The number of ketones is 2. The molecule has 0 saturated carbocycles. The number of carbonyl (C=O) groups is 3. The quantitative estimate of drug-likeness (QED) is 0.533. The summed E-state index contributed by atoms with van der Waals surface area (Å²) in [6.45, 7) is 4.16. The minimum atomic E-state index is -0.260. The van der Waals surface area contributed by atoms with Gasteiger partial charge < -0.3 is 4.74 Å². The Balaban J connectivity index is 3.54. The van der Waals surface area contributed by atoms with Gasteiger partial charge in [0.15, 0.2) is 0 Å². The fourth-order valence-corrected chi connectivity index (χ4v) is 1.57. The van der Waals surface area contributed by atoms with E-state index in [0.29, 0.717) is 38.7 Å². The summed E-state index contributed by atoms with van der Waals surface area (Å²) in [5.74, 6) is -0.0379. The Bertz CT molecular complexity index is 271. The summed E-state index contributed by atoms with van der Waals surface area (Å²) in [5.41, 5.74) is 0. The Morgan fingerprint density at radius 2 is 1.33 bits per heavy atom. The summed E-state index contributed by atoms with van der Waals surface area (Å²) in [6, 6.07) is 0. The van der Waals surface area contributed by atoms with Crippen LogP contribution >= 0.6 is 0 Å². The molecular formula is C14H24O4. The van der Waals surface area contributed by atoms with Crippen molar-refractivity contribution in [3.63, 3.8) is 0 Å². The molecule has 0 unspecified atom stereocenters. The number of Topliss-reactive ketones (excluding diaryl/α,β-unsaturated/α-hetero) is 2. The lowest BCUT2D eigenvalue weighted by Crippen LogP contribution is -2.07. The molecule has 0 heterocycles.